The summed E-state index contributed by atoms with van der Waals surface area (Å²) in [6.45, 7) is 11.6. The first-order valence-electron chi connectivity index (χ1n) is 24.5. The molecule has 0 spiro atoms. The summed E-state index contributed by atoms with van der Waals surface area (Å²) in [4.78, 5) is 56.1. The number of aliphatic hydroxyl groups is 1. The van der Waals surface area contributed by atoms with Crippen LogP contribution in [0.3, 0.4) is 0 Å². The van der Waals surface area contributed by atoms with Gasteiger partial charge in [0.2, 0.25) is 17.7 Å². The number of hydrogen-bond donors (Lipinski definition) is 4. The number of nitrogens with zero attached hydrogens (tertiary/aromatic N) is 7. The molecule has 1 aliphatic heterocycles. The van der Waals surface area contributed by atoms with Gasteiger partial charge in [0.1, 0.15) is 22.9 Å². The van der Waals surface area contributed by atoms with Crippen LogP contribution in [0, 0.1) is 12.3 Å². The second kappa shape index (κ2) is 27.2. The zero-order chi connectivity index (χ0) is 51.6. The Hall–Kier alpha value is -6.25. The monoisotopic (exact) mass is 1030 g/mol. The third-order valence-corrected chi connectivity index (χ3v) is 13.4. The smallest absolute Gasteiger partial charge is 0.246 e. The summed E-state index contributed by atoms with van der Waals surface area (Å²) in [6, 6.07) is 20.3. The first kappa shape index (κ1) is 54.5. The van der Waals surface area contributed by atoms with Crippen LogP contribution in [0.25, 0.3) is 33.7 Å². The van der Waals surface area contributed by atoms with Gasteiger partial charge in [-0.15, -0.1) is 16.4 Å². The number of aryl methyl sites for hydroxylation is 2. The minimum absolute atomic E-state index is 0.00383. The number of ether oxygens (including phenoxy) is 3. The number of likely N-dealkylation sites (tertiary alicyclic amines) is 1. The van der Waals surface area contributed by atoms with Crippen LogP contribution in [-0.2, 0) is 54.8 Å². The Kier molecular flexibility index (Phi) is 20.3. The number of thiazole rings is 1. The number of β-amino-alcohol motifs (C(OH)–C–C–N with tert-alkyl or cyclic N) is 1. The molecular formula is C54H65ClN10O7S. The number of pyridine rings is 2. The lowest BCUT2D eigenvalue weighted by Gasteiger charge is -2.35. The van der Waals surface area contributed by atoms with Crippen LogP contribution in [0.15, 0.2) is 97.0 Å². The third kappa shape index (κ3) is 16.6. The van der Waals surface area contributed by atoms with Crippen molar-refractivity contribution >= 4 is 52.8 Å². The minimum atomic E-state index is -0.929. The molecule has 0 saturated carbocycles. The third-order valence-electron chi connectivity index (χ3n) is 12.1. The number of nitrogens with one attached hydrogen (secondary N) is 3. The molecule has 6 aromatic rings. The normalized spacial score (nSPS) is 15.2. The number of carbonyl (C=O) groups is 3. The average Bonchev–Trinajstić information content (AvgIpc) is 4.15. The fourth-order valence-electron chi connectivity index (χ4n) is 8.14. The quantitative estimate of drug-likeness (QED) is 0.0322. The van der Waals surface area contributed by atoms with Crippen molar-refractivity contribution in [1.29, 1.82) is 0 Å². The van der Waals surface area contributed by atoms with E-state index in [1.165, 1.54) is 4.90 Å². The molecule has 5 heterocycles. The highest BCUT2D eigenvalue weighted by Crippen LogP contribution is 2.29. The van der Waals surface area contributed by atoms with Crippen molar-refractivity contribution in [2.75, 3.05) is 46.1 Å². The highest BCUT2D eigenvalue weighted by Gasteiger charge is 2.44. The maximum Gasteiger partial charge on any atom is 0.246 e. The Bertz CT molecular complexity index is 2750. The van der Waals surface area contributed by atoms with Gasteiger partial charge in [0, 0.05) is 74.3 Å². The zero-order valence-corrected chi connectivity index (χ0v) is 43.4. The van der Waals surface area contributed by atoms with Crippen LogP contribution in [-0.4, -0.2) is 122 Å². The number of hydrogen-bond acceptors (Lipinski definition) is 14. The van der Waals surface area contributed by atoms with Gasteiger partial charge in [-0.1, -0.05) is 104 Å². The largest absolute Gasteiger partial charge is 0.391 e. The molecule has 0 aliphatic carbocycles. The SMILES string of the molecule is Cc1ncsc1-c1ccc(CNC(=O)[C@@H]2C[C@@H](O)CN2C(=O)[C@@H](NC(=O)CCOCCOCCOCc2cn(CCCNCc3cncc(-c4cnc(Cl)c(/C=C/c5ccccc5)c4)c3)nn2)C(C)(C)C)cc1. The van der Waals surface area contributed by atoms with Crippen LogP contribution in [0.5, 0.6) is 0 Å². The van der Waals surface area contributed by atoms with E-state index in [-0.39, 0.29) is 51.0 Å². The van der Waals surface area contributed by atoms with Crippen LogP contribution >= 0.6 is 22.9 Å². The van der Waals surface area contributed by atoms with Crippen LogP contribution < -0.4 is 16.0 Å². The molecule has 3 amide bonds. The number of carbonyl (C=O) groups excluding carboxylic acids is 3. The van der Waals surface area contributed by atoms with Gasteiger partial charge in [-0.25, -0.2) is 9.97 Å². The van der Waals surface area contributed by atoms with E-state index in [0.29, 0.717) is 44.7 Å². The van der Waals surface area contributed by atoms with Crippen molar-refractivity contribution < 1.29 is 33.7 Å². The van der Waals surface area contributed by atoms with Gasteiger partial charge in [0.15, 0.2) is 0 Å². The Morgan fingerprint density at radius 1 is 0.890 bits per heavy atom. The summed E-state index contributed by atoms with van der Waals surface area (Å²) < 4.78 is 18.8. The van der Waals surface area contributed by atoms with Crippen molar-refractivity contribution in [3.05, 3.63) is 136 Å². The summed E-state index contributed by atoms with van der Waals surface area (Å²) in [6.07, 6.45) is 11.4. The first-order chi connectivity index (χ1) is 35.3. The van der Waals surface area contributed by atoms with Crippen LogP contribution in [0.2, 0.25) is 5.15 Å². The van der Waals surface area contributed by atoms with Gasteiger partial charge in [0.25, 0.3) is 0 Å². The molecule has 4 aromatic heterocycles. The van der Waals surface area contributed by atoms with E-state index in [0.717, 1.165) is 68.2 Å². The van der Waals surface area contributed by atoms with E-state index < -0.39 is 29.5 Å². The second-order valence-electron chi connectivity index (χ2n) is 18.9. The van der Waals surface area contributed by atoms with Crippen molar-refractivity contribution in [3.8, 4) is 21.6 Å². The lowest BCUT2D eigenvalue weighted by molar-refractivity contribution is -0.144. The standard InChI is InChI=1S/C54H65ClN10O7S/c1-37-49(73-36-60-37)41-14-12-39(13-15-41)30-59-52(68)47-27-46(66)34-65(47)53(69)50(54(2,3)4)61-48(67)17-20-70-21-22-71-23-24-72-35-45-33-64(63-62-45)19-8-18-56-28-40-25-43(31-57-29-40)44-26-42(51(55)58-32-44)16-11-38-9-6-5-7-10-38/h5-7,9-16,25-26,29,31-33,36,46-47,50,56,66H,8,17-24,27-28,30,34-35H2,1-4H3,(H,59,68)(H,61,67)/b16-11+/t46-,47+,50-/m1/s1. The van der Waals surface area contributed by atoms with Gasteiger partial charge < -0.3 is 40.2 Å². The highest BCUT2D eigenvalue weighted by molar-refractivity contribution is 7.13. The van der Waals surface area contributed by atoms with Crippen molar-refractivity contribution in [1.82, 2.24) is 50.8 Å². The number of halogens is 1. The molecule has 17 nitrogen and oxygen atoms in total. The molecule has 1 aliphatic rings. The van der Waals surface area contributed by atoms with E-state index >= 15 is 0 Å². The molecule has 3 atom stereocenters. The average molecular weight is 1030 g/mol. The summed E-state index contributed by atoms with van der Waals surface area (Å²) in [5, 5.41) is 28.7. The van der Waals surface area contributed by atoms with E-state index in [1.807, 2.05) is 125 Å². The fraction of sp³-hybridized carbons (Fsp3) is 0.407. The molecule has 7 rings (SSSR count). The Morgan fingerprint density at radius 2 is 1.64 bits per heavy atom. The zero-order valence-electron chi connectivity index (χ0n) is 41.8. The molecule has 0 radical (unpaired) electrons. The number of amides is 3. The lowest BCUT2D eigenvalue weighted by Crippen LogP contribution is -2.57. The first-order valence-corrected chi connectivity index (χ1v) is 25.8. The maximum atomic E-state index is 14.0. The molecule has 386 valence electrons. The van der Waals surface area contributed by atoms with Gasteiger partial charge in [-0.2, -0.15) is 0 Å². The Balaban J connectivity index is 0.725. The lowest BCUT2D eigenvalue weighted by atomic mass is 9.85. The molecule has 4 N–H and O–H groups in total. The van der Waals surface area contributed by atoms with E-state index in [4.69, 9.17) is 25.8 Å². The Labute approximate surface area is 435 Å². The summed E-state index contributed by atoms with van der Waals surface area (Å²) in [5.41, 5.74) is 9.66. The molecular weight excluding hydrogens is 968 g/mol. The summed E-state index contributed by atoms with van der Waals surface area (Å²) in [7, 11) is 0. The van der Waals surface area contributed by atoms with Crippen molar-refractivity contribution in [2.45, 2.75) is 91.4 Å². The van der Waals surface area contributed by atoms with Crippen molar-refractivity contribution in [3.63, 3.8) is 0 Å². The van der Waals surface area contributed by atoms with Gasteiger partial charge in [-0.05, 0) is 59.7 Å². The van der Waals surface area contributed by atoms with E-state index in [2.05, 4.69) is 47.3 Å². The predicted molar refractivity (Wildman–Crippen MR) is 282 cm³/mol. The summed E-state index contributed by atoms with van der Waals surface area (Å²) in [5.74, 6) is -1.14. The minimum Gasteiger partial charge on any atom is -0.391 e. The topological polar surface area (TPSA) is 208 Å². The Morgan fingerprint density at radius 3 is 2.40 bits per heavy atom. The number of aliphatic hydroxyl groups excluding tert-OH is 1. The predicted octanol–water partition coefficient (Wildman–Crippen LogP) is 6.92. The van der Waals surface area contributed by atoms with Gasteiger partial charge in [-0.3, -0.25) is 24.0 Å². The molecule has 73 heavy (non-hydrogen) atoms. The van der Waals surface area contributed by atoms with E-state index in [9.17, 15) is 19.5 Å². The van der Waals surface area contributed by atoms with Gasteiger partial charge in [0.05, 0.1) is 68.0 Å². The van der Waals surface area contributed by atoms with E-state index in [1.54, 1.807) is 22.2 Å². The van der Waals surface area contributed by atoms with Crippen molar-refractivity contribution in [2.24, 2.45) is 5.41 Å². The number of aromatic nitrogens is 6. The highest BCUT2D eigenvalue weighted by atomic mass is 35.5. The van der Waals surface area contributed by atoms with Gasteiger partial charge >= 0.3 is 0 Å². The molecule has 1 saturated heterocycles. The molecule has 1 fully saturated rings. The molecule has 19 heteroatoms. The summed E-state index contributed by atoms with van der Waals surface area (Å²) >= 11 is 7.99. The molecule has 0 unspecified atom stereocenters. The molecule has 2 aromatic carbocycles. The maximum absolute atomic E-state index is 14.0. The second-order valence-corrected chi connectivity index (χ2v) is 20.1. The van der Waals surface area contributed by atoms with Crippen LogP contribution in [0.1, 0.15) is 73.7 Å². The number of rotatable bonds is 26. The number of benzene rings is 2. The molecule has 0 bridgehead atoms. The van der Waals surface area contributed by atoms with Crippen LogP contribution in [0.4, 0.5) is 0 Å². The fourth-order valence-corrected chi connectivity index (χ4v) is 9.12.